The monoisotopic (exact) mass is 427 g/mol. The molecular weight excluding hydrogens is 408 g/mol. The van der Waals surface area contributed by atoms with Crippen molar-refractivity contribution in [1.29, 1.82) is 0 Å². The number of carbonyl (C=O) groups excluding carboxylic acids is 1. The molecule has 0 aliphatic rings. The second-order valence-electron chi connectivity index (χ2n) is 7.19. The number of rotatable bonds is 5. The van der Waals surface area contributed by atoms with Gasteiger partial charge in [-0.25, -0.2) is 13.8 Å². The van der Waals surface area contributed by atoms with E-state index in [0.29, 0.717) is 4.70 Å². The van der Waals surface area contributed by atoms with Crippen LogP contribution in [0.5, 0.6) is 0 Å². The molecule has 0 saturated heterocycles. The standard InChI is InChI=1S/C21H19F2N5OS/c1-12(2)28-13(3)7-17(26-28)20(29)27(11-14-5-4-6-24-10-14)21-25-19-16(23)8-15(22)9-18(19)30-21/h4-10,12H,11H2,1-3H3. The predicted molar refractivity (Wildman–Crippen MR) is 112 cm³/mol. The lowest BCUT2D eigenvalue weighted by atomic mass is 10.2. The number of fused-ring (bicyclic) bond motifs is 1. The first-order valence-corrected chi connectivity index (χ1v) is 10.2. The van der Waals surface area contributed by atoms with E-state index in [1.807, 2.05) is 26.8 Å². The lowest BCUT2D eigenvalue weighted by Gasteiger charge is -2.18. The molecular formula is C21H19F2N5OS. The van der Waals surface area contributed by atoms with E-state index >= 15 is 0 Å². The molecule has 0 spiro atoms. The average Bonchev–Trinajstić information content (AvgIpc) is 3.30. The molecule has 30 heavy (non-hydrogen) atoms. The molecule has 3 aromatic heterocycles. The summed E-state index contributed by atoms with van der Waals surface area (Å²) >= 11 is 1.05. The molecule has 0 radical (unpaired) electrons. The van der Waals surface area contributed by atoms with Gasteiger partial charge in [0.15, 0.2) is 16.6 Å². The van der Waals surface area contributed by atoms with E-state index in [-0.39, 0.29) is 34.8 Å². The third kappa shape index (κ3) is 3.80. The van der Waals surface area contributed by atoms with Gasteiger partial charge >= 0.3 is 0 Å². The Hall–Kier alpha value is -3.20. The topological polar surface area (TPSA) is 63.9 Å². The lowest BCUT2D eigenvalue weighted by Crippen LogP contribution is -2.31. The lowest BCUT2D eigenvalue weighted by molar-refractivity contribution is 0.0979. The molecule has 9 heteroatoms. The summed E-state index contributed by atoms with van der Waals surface area (Å²) in [7, 11) is 0. The van der Waals surface area contributed by atoms with E-state index < -0.39 is 11.6 Å². The van der Waals surface area contributed by atoms with E-state index in [1.165, 1.54) is 11.0 Å². The SMILES string of the molecule is Cc1cc(C(=O)N(Cc2cccnc2)c2nc3c(F)cc(F)cc3s2)nn1C(C)C. The number of aryl methyl sites for hydroxylation is 1. The van der Waals surface area contributed by atoms with Crippen molar-refractivity contribution in [3.8, 4) is 0 Å². The first kappa shape index (κ1) is 20.1. The van der Waals surface area contributed by atoms with Gasteiger partial charge in [0.1, 0.15) is 11.3 Å². The minimum absolute atomic E-state index is 0.0317. The van der Waals surface area contributed by atoms with Crippen LogP contribution in [-0.4, -0.2) is 25.7 Å². The van der Waals surface area contributed by atoms with Crippen LogP contribution < -0.4 is 4.90 Å². The number of hydrogen-bond acceptors (Lipinski definition) is 5. The average molecular weight is 427 g/mol. The van der Waals surface area contributed by atoms with Crippen LogP contribution in [0.2, 0.25) is 0 Å². The molecule has 4 rings (SSSR count). The molecule has 0 atom stereocenters. The molecule has 4 aromatic rings. The first-order chi connectivity index (χ1) is 14.3. The molecule has 0 fully saturated rings. The van der Waals surface area contributed by atoms with Crippen molar-refractivity contribution in [3.63, 3.8) is 0 Å². The fraction of sp³-hybridized carbons (Fsp3) is 0.238. The van der Waals surface area contributed by atoms with Gasteiger partial charge in [0.25, 0.3) is 5.91 Å². The molecule has 1 aromatic carbocycles. The van der Waals surface area contributed by atoms with Crippen LogP contribution in [0.15, 0.2) is 42.7 Å². The number of pyridine rings is 1. The number of hydrogen-bond donors (Lipinski definition) is 0. The maximum Gasteiger partial charge on any atom is 0.280 e. The van der Waals surface area contributed by atoms with E-state index in [1.54, 1.807) is 29.2 Å². The van der Waals surface area contributed by atoms with Gasteiger partial charge in [-0.3, -0.25) is 19.4 Å². The summed E-state index contributed by atoms with van der Waals surface area (Å²) in [6.07, 6.45) is 3.28. The van der Waals surface area contributed by atoms with Crippen molar-refractivity contribution in [2.45, 2.75) is 33.4 Å². The molecule has 3 heterocycles. The number of benzene rings is 1. The highest BCUT2D eigenvalue weighted by molar-refractivity contribution is 7.22. The maximum atomic E-state index is 14.2. The van der Waals surface area contributed by atoms with Crippen LogP contribution in [0, 0.1) is 18.6 Å². The Balaban J connectivity index is 1.79. The number of carbonyl (C=O) groups is 1. The van der Waals surface area contributed by atoms with Gasteiger partial charge in [-0.05, 0) is 44.5 Å². The summed E-state index contributed by atoms with van der Waals surface area (Å²) < 4.78 is 29.9. The van der Waals surface area contributed by atoms with Gasteiger partial charge in [-0.15, -0.1) is 0 Å². The Morgan fingerprint density at radius 2 is 2.07 bits per heavy atom. The van der Waals surface area contributed by atoms with Gasteiger partial charge < -0.3 is 0 Å². The van der Waals surface area contributed by atoms with Crippen molar-refractivity contribution < 1.29 is 13.6 Å². The Labute approximate surface area is 175 Å². The molecule has 0 saturated carbocycles. The van der Waals surface area contributed by atoms with Crippen molar-refractivity contribution in [2.24, 2.45) is 0 Å². The minimum atomic E-state index is -0.763. The van der Waals surface area contributed by atoms with Gasteiger partial charge in [0.05, 0.1) is 11.2 Å². The summed E-state index contributed by atoms with van der Waals surface area (Å²) in [5.74, 6) is -1.82. The van der Waals surface area contributed by atoms with E-state index in [0.717, 1.165) is 28.7 Å². The first-order valence-electron chi connectivity index (χ1n) is 9.36. The Morgan fingerprint density at radius 1 is 1.27 bits per heavy atom. The number of aromatic nitrogens is 4. The largest absolute Gasteiger partial charge is 0.280 e. The molecule has 0 unspecified atom stereocenters. The fourth-order valence-corrected chi connectivity index (χ4v) is 4.22. The maximum absolute atomic E-state index is 14.2. The number of halogens is 2. The number of anilines is 1. The second-order valence-corrected chi connectivity index (χ2v) is 8.20. The Morgan fingerprint density at radius 3 is 2.73 bits per heavy atom. The highest BCUT2D eigenvalue weighted by atomic mass is 32.1. The summed E-state index contributed by atoms with van der Waals surface area (Å²) in [5, 5.41) is 4.70. The van der Waals surface area contributed by atoms with Crippen LogP contribution in [0.3, 0.4) is 0 Å². The van der Waals surface area contributed by atoms with Crippen molar-refractivity contribution in [2.75, 3.05) is 4.90 Å². The van der Waals surface area contributed by atoms with Crippen molar-refractivity contribution >= 4 is 32.6 Å². The zero-order valence-electron chi connectivity index (χ0n) is 16.6. The van der Waals surface area contributed by atoms with Crippen LogP contribution in [0.25, 0.3) is 10.2 Å². The minimum Gasteiger partial charge on any atom is -0.278 e. The smallest absolute Gasteiger partial charge is 0.278 e. The van der Waals surface area contributed by atoms with Gasteiger partial charge in [-0.2, -0.15) is 5.10 Å². The van der Waals surface area contributed by atoms with E-state index in [4.69, 9.17) is 0 Å². The number of thiazole rings is 1. The third-order valence-corrected chi connectivity index (χ3v) is 5.60. The fourth-order valence-electron chi connectivity index (χ4n) is 3.21. The van der Waals surface area contributed by atoms with E-state index in [9.17, 15) is 13.6 Å². The summed E-state index contributed by atoms with van der Waals surface area (Å²) in [6.45, 7) is 6.01. The van der Waals surface area contributed by atoms with Crippen LogP contribution in [0.4, 0.5) is 13.9 Å². The Bertz CT molecular complexity index is 1220. The predicted octanol–water partition coefficient (Wildman–Crippen LogP) is 4.90. The molecule has 0 aliphatic heterocycles. The molecule has 1 amide bonds. The summed E-state index contributed by atoms with van der Waals surface area (Å²) in [5.41, 5.74) is 1.92. The zero-order chi connectivity index (χ0) is 21.4. The van der Waals surface area contributed by atoms with Gasteiger partial charge in [0.2, 0.25) is 0 Å². The highest BCUT2D eigenvalue weighted by Gasteiger charge is 2.25. The summed E-state index contributed by atoms with van der Waals surface area (Å²) in [4.78, 5) is 23.2. The molecule has 154 valence electrons. The number of amides is 1. The molecule has 6 nitrogen and oxygen atoms in total. The number of nitrogens with zero attached hydrogens (tertiary/aromatic N) is 5. The van der Waals surface area contributed by atoms with Crippen LogP contribution >= 0.6 is 11.3 Å². The second kappa shape index (κ2) is 7.91. The van der Waals surface area contributed by atoms with Crippen molar-refractivity contribution in [1.82, 2.24) is 19.7 Å². The molecule has 0 N–H and O–H groups in total. The van der Waals surface area contributed by atoms with E-state index in [2.05, 4.69) is 15.1 Å². The Kier molecular flexibility index (Phi) is 5.29. The quantitative estimate of drug-likeness (QED) is 0.454. The van der Waals surface area contributed by atoms with Crippen molar-refractivity contribution in [3.05, 3.63) is 71.3 Å². The van der Waals surface area contributed by atoms with Crippen LogP contribution in [0.1, 0.15) is 41.6 Å². The third-order valence-electron chi connectivity index (χ3n) is 4.57. The van der Waals surface area contributed by atoms with Gasteiger partial charge in [0, 0.05) is 30.2 Å². The zero-order valence-corrected chi connectivity index (χ0v) is 17.5. The highest BCUT2D eigenvalue weighted by Crippen LogP contribution is 2.32. The molecule has 0 aliphatic carbocycles. The van der Waals surface area contributed by atoms with Crippen LogP contribution in [-0.2, 0) is 6.54 Å². The summed E-state index contributed by atoms with van der Waals surface area (Å²) in [6, 6.07) is 7.41. The normalized spacial score (nSPS) is 11.4. The van der Waals surface area contributed by atoms with Gasteiger partial charge in [-0.1, -0.05) is 17.4 Å². The molecule has 0 bridgehead atoms.